The molecule has 94 valence electrons. The largest absolute Gasteiger partial charge is 0.271 e. The van der Waals surface area contributed by atoms with Crippen molar-refractivity contribution in [2.75, 3.05) is 0 Å². The minimum atomic E-state index is 0.0832. The van der Waals surface area contributed by atoms with E-state index in [0.717, 1.165) is 16.6 Å². The number of rotatable bonds is 4. The van der Waals surface area contributed by atoms with Crippen LogP contribution in [0, 0.1) is 6.92 Å². The molecule has 3 N–H and O–H groups in total. The molecule has 1 unspecified atom stereocenters. The second-order valence-electron chi connectivity index (χ2n) is 4.25. The van der Waals surface area contributed by atoms with Crippen molar-refractivity contribution in [1.82, 2.24) is 10.4 Å². The normalized spacial score (nSPS) is 12.4. The van der Waals surface area contributed by atoms with Gasteiger partial charge in [-0.3, -0.25) is 16.3 Å². The first-order valence-electron chi connectivity index (χ1n) is 5.83. The molecule has 1 atom stereocenters. The zero-order valence-corrected chi connectivity index (χ0v) is 11.8. The Labute approximate surface area is 116 Å². The molecular weight excluding hydrogens is 290 g/mol. The number of nitrogens with one attached hydrogen (secondary N) is 1. The number of aryl methyl sites for hydroxylation is 1. The maximum absolute atomic E-state index is 5.66. The highest BCUT2D eigenvalue weighted by Gasteiger charge is 2.13. The fourth-order valence-electron chi connectivity index (χ4n) is 1.97. The van der Waals surface area contributed by atoms with Crippen LogP contribution in [-0.2, 0) is 6.42 Å². The second kappa shape index (κ2) is 6.09. The molecule has 1 aromatic heterocycles. The Balaban J connectivity index is 2.20. The number of hydrogen-bond donors (Lipinski definition) is 2. The lowest BCUT2D eigenvalue weighted by atomic mass is 9.98. The average molecular weight is 306 g/mol. The summed E-state index contributed by atoms with van der Waals surface area (Å²) in [6, 6.07) is 12.3. The van der Waals surface area contributed by atoms with Crippen LogP contribution >= 0.6 is 15.9 Å². The Kier molecular flexibility index (Phi) is 4.47. The second-order valence-corrected chi connectivity index (χ2v) is 5.16. The third kappa shape index (κ3) is 3.16. The maximum atomic E-state index is 5.66. The summed E-state index contributed by atoms with van der Waals surface area (Å²) in [7, 11) is 0. The van der Waals surface area contributed by atoms with E-state index in [4.69, 9.17) is 5.84 Å². The summed E-state index contributed by atoms with van der Waals surface area (Å²) in [5.74, 6) is 5.66. The van der Waals surface area contributed by atoms with Crippen molar-refractivity contribution in [2.45, 2.75) is 19.4 Å². The van der Waals surface area contributed by atoms with Crippen LogP contribution in [0.4, 0.5) is 0 Å². The van der Waals surface area contributed by atoms with Crippen molar-refractivity contribution in [3.05, 3.63) is 63.9 Å². The Morgan fingerprint density at radius 1 is 1.28 bits per heavy atom. The molecule has 3 nitrogen and oxygen atoms in total. The fraction of sp³-hybridized carbons (Fsp3) is 0.214. The third-order valence-electron chi connectivity index (χ3n) is 2.97. The number of nitrogens with zero attached hydrogens (tertiary/aromatic N) is 1. The number of halogens is 1. The Morgan fingerprint density at radius 2 is 2.06 bits per heavy atom. The van der Waals surface area contributed by atoms with Gasteiger partial charge in [-0.15, -0.1) is 0 Å². The Hall–Kier alpha value is -1.23. The molecule has 0 aliphatic rings. The van der Waals surface area contributed by atoms with E-state index >= 15 is 0 Å². The number of hydrazine groups is 1. The first kappa shape index (κ1) is 13.2. The molecule has 1 heterocycles. The molecule has 0 saturated heterocycles. The minimum absolute atomic E-state index is 0.0832. The maximum Gasteiger partial charge on any atom is 0.0517 e. The van der Waals surface area contributed by atoms with Gasteiger partial charge in [0.25, 0.3) is 0 Å². The molecule has 2 rings (SSSR count). The van der Waals surface area contributed by atoms with E-state index in [1.54, 1.807) is 6.20 Å². The summed E-state index contributed by atoms with van der Waals surface area (Å²) >= 11 is 3.38. The molecule has 0 spiro atoms. The molecule has 18 heavy (non-hydrogen) atoms. The first-order chi connectivity index (χ1) is 8.70. The highest BCUT2D eigenvalue weighted by atomic mass is 79.9. The van der Waals surface area contributed by atoms with Gasteiger partial charge in [-0.25, -0.2) is 0 Å². The molecule has 1 aromatic carbocycles. The number of aromatic nitrogens is 1. The van der Waals surface area contributed by atoms with Crippen LogP contribution in [0.15, 0.2) is 47.1 Å². The predicted molar refractivity (Wildman–Crippen MR) is 76.9 cm³/mol. The SMILES string of the molecule is Cc1ccccc1C(Cc1ccc(Br)cn1)NN. The number of benzene rings is 1. The lowest BCUT2D eigenvalue weighted by molar-refractivity contribution is 0.543. The third-order valence-corrected chi connectivity index (χ3v) is 3.44. The van der Waals surface area contributed by atoms with E-state index in [1.807, 2.05) is 24.3 Å². The summed E-state index contributed by atoms with van der Waals surface area (Å²) in [5, 5.41) is 0. The van der Waals surface area contributed by atoms with E-state index in [9.17, 15) is 0 Å². The van der Waals surface area contributed by atoms with Crippen LogP contribution in [0.25, 0.3) is 0 Å². The summed E-state index contributed by atoms with van der Waals surface area (Å²) in [5.41, 5.74) is 6.34. The van der Waals surface area contributed by atoms with Gasteiger partial charge < -0.3 is 0 Å². The minimum Gasteiger partial charge on any atom is -0.271 e. The highest BCUT2D eigenvalue weighted by molar-refractivity contribution is 9.10. The quantitative estimate of drug-likeness (QED) is 0.674. The molecule has 0 fully saturated rings. The first-order valence-corrected chi connectivity index (χ1v) is 6.62. The molecule has 0 bridgehead atoms. The zero-order valence-electron chi connectivity index (χ0n) is 10.2. The Bertz CT molecular complexity index is 511. The van der Waals surface area contributed by atoms with Gasteiger partial charge in [0, 0.05) is 22.8 Å². The van der Waals surface area contributed by atoms with Crippen molar-refractivity contribution in [3.8, 4) is 0 Å². The van der Waals surface area contributed by atoms with Crippen LogP contribution in [0.1, 0.15) is 22.9 Å². The van der Waals surface area contributed by atoms with E-state index in [1.165, 1.54) is 11.1 Å². The van der Waals surface area contributed by atoms with E-state index in [2.05, 4.69) is 45.4 Å². The van der Waals surface area contributed by atoms with E-state index in [0.29, 0.717) is 0 Å². The molecule has 0 saturated carbocycles. The number of nitrogens with two attached hydrogens (primary N) is 1. The van der Waals surface area contributed by atoms with Crippen molar-refractivity contribution in [3.63, 3.8) is 0 Å². The predicted octanol–water partition coefficient (Wildman–Crippen LogP) is 2.90. The van der Waals surface area contributed by atoms with E-state index < -0.39 is 0 Å². The van der Waals surface area contributed by atoms with Crippen molar-refractivity contribution < 1.29 is 0 Å². The number of hydrogen-bond acceptors (Lipinski definition) is 3. The van der Waals surface area contributed by atoms with Crippen LogP contribution in [-0.4, -0.2) is 4.98 Å². The van der Waals surface area contributed by atoms with Gasteiger partial charge in [-0.1, -0.05) is 24.3 Å². The van der Waals surface area contributed by atoms with Crippen LogP contribution in [0.3, 0.4) is 0 Å². The summed E-state index contributed by atoms with van der Waals surface area (Å²) in [6.45, 7) is 2.09. The monoisotopic (exact) mass is 305 g/mol. The highest BCUT2D eigenvalue weighted by Crippen LogP contribution is 2.20. The molecule has 0 aliphatic carbocycles. The van der Waals surface area contributed by atoms with Gasteiger partial charge >= 0.3 is 0 Å². The lowest BCUT2D eigenvalue weighted by Gasteiger charge is -2.18. The average Bonchev–Trinajstić information content (AvgIpc) is 2.39. The zero-order chi connectivity index (χ0) is 13.0. The molecule has 4 heteroatoms. The lowest BCUT2D eigenvalue weighted by Crippen LogP contribution is -2.30. The van der Waals surface area contributed by atoms with Crippen molar-refractivity contribution in [1.29, 1.82) is 0 Å². The van der Waals surface area contributed by atoms with Crippen molar-refractivity contribution in [2.24, 2.45) is 5.84 Å². The molecule has 0 radical (unpaired) electrons. The fourth-order valence-corrected chi connectivity index (χ4v) is 2.21. The summed E-state index contributed by atoms with van der Waals surface area (Å²) in [6.07, 6.45) is 2.58. The van der Waals surface area contributed by atoms with Gasteiger partial charge in [0.05, 0.1) is 6.04 Å². The van der Waals surface area contributed by atoms with Gasteiger partial charge in [0.1, 0.15) is 0 Å². The Morgan fingerprint density at radius 3 is 2.67 bits per heavy atom. The van der Waals surface area contributed by atoms with Crippen molar-refractivity contribution >= 4 is 15.9 Å². The van der Waals surface area contributed by atoms with Gasteiger partial charge in [0.2, 0.25) is 0 Å². The van der Waals surface area contributed by atoms with Gasteiger partial charge in [-0.2, -0.15) is 0 Å². The van der Waals surface area contributed by atoms with Crippen LogP contribution in [0.2, 0.25) is 0 Å². The number of pyridine rings is 1. The topological polar surface area (TPSA) is 50.9 Å². The molecule has 2 aromatic rings. The molecule has 0 aliphatic heterocycles. The molecular formula is C14H16BrN3. The van der Waals surface area contributed by atoms with Crippen LogP contribution < -0.4 is 11.3 Å². The van der Waals surface area contributed by atoms with Gasteiger partial charge in [-0.05, 0) is 46.1 Å². The standard InChI is InChI=1S/C14H16BrN3/c1-10-4-2-3-5-13(10)14(18-16)8-12-7-6-11(15)9-17-12/h2-7,9,14,18H,8,16H2,1H3. The smallest absolute Gasteiger partial charge is 0.0517 e. The van der Waals surface area contributed by atoms with E-state index in [-0.39, 0.29) is 6.04 Å². The summed E-state index contributed by atoms with van der Waals surface area (Å²) in [4.78, 5) is 4.38. The van der Waals surface area contributed by atoms with Crippen LogP contribution in [0.5, 0.6) is 0 Å². The summed E-state index contributed by atoms with van der Waals surface area (Å²) < 4.78 is 0.986. The molecule has 0 amide bonds. The van der Waals surface area contributed by atoms with Gasteiger partial charge in [0.15, 0.2) is 0 Å².